The van der Waals surface area contributed by atoms with Gasteiger partial charge in [0.25, 0.3) is 5.91 Å². The Hall–Kier alpha value is -3.09. The highest BCUT2D eigenvalue weighted by Gasteiger charge is 2.32. The summed E-state index contributed by atoms with van der Waals surface area (Å²) in [6, 6.07) is 25.5. The first-order valence-corrected chi connectivity index (χ1v) is 11.5. The van der Waals surface area contributed by atoms with Crippen molar-refractivity contribution in [1.29, 1.82) is 0 Å². The maximum absolute atomic E-state index is 12.9. The molecular formula is C26H23NO3S2. The molecule has 162 valence electrons. The number of amides is 1. The van der Waals surface area contributed by atoms with Crippen molar-refractivity contribution in [3.05, 3.63) is 100 Å². The van der Waals surface area contributed by atoms with E-state index in [0.717, 1.165) is 16.7 Å². The molecule has 3 aromatic carbocycles. The van der Waals surface area contributed by atoms with Crippen molar-refractivity contribution in [2.45, 2.75) is 19.6 Å². The number of hydrogen-bond donors (Lipinski definition) is 0. The van der Waals surface area contributed by atoms with Gasteiger partial charge in [-0.2, -0.15) is 0 Å². The molecule has 32 heavy (non-hydrogen) atoms. The maximum Gasteiger partial charge on any atom is 0.266 e. The van der Waals surface area contributed by atoms with Crippen molar-refractivity contribution in [2.24, 2.45) is 0 Å². The van der Waals surface area contributed by atoms with Gasteiger partial charge in [0.2, 0.25) is 0 Å². The number of hydrogen-bond acceptors (Lipinski definition) is 5. The van der Waals surface area contributed by atoms with Crippen LogP contribution in [0.2, 0.25) is 0 Å². The van der Waals surface area contributed by atoms with Crippen LogP contribution in [0, 0.1) is 0 Å². The van der Waals surface area contributed by atoms with Gasteiger partial charge in [-0.15, -0.1) is 0 Å². The second-order valence-electron chi connectivity index (χ2n) is 7.33. The third kappa shape index (κ3) is 5.03. The molecule has 0 radical (unpaired) electrons. The SMILES string of the molecule is COc1cc(/C=C2/SC(=S)N(Cc3ccccc3)C2=O)ccc1O[C@H](C)c1ccccc1. The van der Waals surface area contributed by atoms with E-state index in [2.05, 4.69) is 0 Å². The minimum absolute atomic E-state index is 0.0825. The summed E-state index contributed by atoms with van der Waals surface area (Å²) >= 11 is 6.77. The molecule has 1 heterocycles. The van der Waals surface area contributed by atoms with Crippen LogP contribution in [0.15, 0.2) is 83.8 Å². The number of rotatable bonds is 7. The van der Waals surface area contributed by atoms with Gasteiger partial charge in [-0.1, -0.05) is 90.7 Å². The Morgan fingerprint density at radius 3 is 2.38 bits per heavy atom. The first kappa shape index (κ1) is 22.1. The number of carbonyl (C=O) groups is 1. The second kappa shape index (κ2) is 10.0. The first-order valence-electron chi connectivity index (χ1n) is 10.2. The van der Waals surface area contributed by atoms with Crippen LogP contribution in [-0.4, -0.2) is 22.2 Å². The molecule has 1 fully saturated rings. The zero-order valence-corrected chi connectivity index (χ0v) is 19.5. The van der Waals surface area contributed by atoms with E-state index in [1.807, 2.05) is 91.9 Å². The van der Waals surface area contributed by atoms with E-state index in [4.69, 9.17) is 21.7 Å². The van der Waals surface area contributed by atoms with E-state index in [-0.39, 0.29) is 12.0 Å². The molecule has 4 nitrogen and oxygen atoms in total. The second-order valence-corrected chi connectivity index (χ2v) is 9.01. The molecule has 0 N–H and O–H groups in total. The molecule has 4 rings (SSSR count). The summed E-state index contributed by atoms with van der Waals surface area (Å²) in [5, 5.41) is 0. The summed E-state index contributed by atoms with van der Waals surface area (Å²) in [4.78, 5) is 15.2. The van der Waals surface area contributed by atoms with Crippen molar-refractivity contribution in [2.75, 3.05) is 7.11 Å². The van der Waals surface area contributed by atoms with E-state index in [1.54, 1.807) is 12.0 Å². The van der Waals surface area contributed by atoms with Crippen LogP contribution < -0.4 is 9.47 Å². The molecule has 0 aromatic heterocycles. The number of nitrogens with zero attached hydrogens (tertiary/aromatic N) is 1. The number of thiocarbonyl (C=S) groups is 1. The third-order valence-corrected chi connectivity index (χ3v) is 6.49. The van der Waals surface area contributed by atoms with Crippen LogP contribution in [-0.2, 0) is 11.3 Å². The molecular weight excluding hydrogens is 438 g/mol. The zero-order chi connectivity index (χ0) is 22.5. The Morgan fingerprint density at radius 1 is 1.00 bits per heavy atom. The van der Waals surface area contributed by atoms with Gasteiger partial charge in [0.05, 0.1) is 18.6 Å². The standard InChI is InChI=1S/C26H23NO3S2/c1-18(21-11-7-4-8-12-21)30-22-14-13-20(15-23(22)29-2)16-24-25(28)27(26(31)32-24)17-19-9-5-3-6-10-19/h3-16,18H,17H2,1-2H3/b24-16+/t18-/m1/s1. The molecule has 1 aliphatic rings. The fraction of sp³-hybridized carbons (Fsp3) is 0.154. The van der Waals surface area contributed by atoms with Crippen LogP contribution >= 0.6 is 24.0 Å². The van der Waals surface area contributed by atoms with E-state index >= 15 is 0 Å². The smallest absolute Gasteiger partial charge is 0.266 e. The van der Waals surface area contributed by atoms with Gasteiger partial charge in [0.15, 0.2) is 11.5 Å². The van der Waals surface area contributed by atoms with Gasteiger partial charge in [0.1, 0.15) is 10.4 Å². The van der Waals surface area contributed by atoms with E-state index < -0.39 is 0 Å². The highest BCUT2D eigenvalue weighted by atomic mass is 32.2. The Bertz CT molecular complexity index is 1150. The molecule has 0 aliphatic carbocycles. The average Bonchev–Trinajstić information content (AvgIpc) is 3.08. The quantitative estimate of drug-likeness (QED) is 0.308. The van der Waals surface area contributed by atoms with Crippen molar-refractivity contribution >= 4 is 40.3 Å². The molecule has 3 aromatic rings. The van der Waals surface area contributed by atoms with Gasteiger partial charge in [-0.25, -0.2) is 0 Å². The lowest BCUT2D eigenvalue weighted by Crippen LogP contribution is -2.27. The maximum atomic E-state index is 12.9. The van der Waals surface area contributed by atoms with Crippen LogP contribution in [0.3, 0.4) is 0 Å². The van der Waals surface area contributed by atoms with Gasteiger partial charge in [0, 0.05) is 0 Å². The van der Waals surface area contributed by atoms with Gasteiger partial charge >= 0.3 is 0 Å². The Labute approximate surface area is 197 Å². The summed E-state index contributed by atoms with van der Waals surface area (Å²) in [6.07, 6.45) is 1.72. The molecule has 0 spiro atoms. The Kier molecular flexibility index (Phi) is 6.93. The zero-order valence-electron chi connectivity index (χ0n) is 17.9. The largest absolute Gasteiger partial charge is 0.493 e. The van der Waals surface area contributed by atoms with Crippen LogP contribution in [0.5, 0.6) is 11.5 Å². The predicted molar refractivity (Wildman–Crippen MR) is 134 cm³/mol. The fourth-order valence-corrected chi connectivity index (χ4v) is 4.66. The van der Waals surface area contributed by atoms with Crippen molar-refractivity contribution in [1.82, 2.24) is 4.90 Å². The Balaban J connectivity index is 1.51. The lowest BCUT2D eigenvalue weighted by molar-refractivity contribution is -0.122. The number of thioether (sulfide) groups is 1. The number of methoxy groups -OCH3 is 1. The van der Waals surface area contributed by atoms with Gasteiger partial charge in [-0.05, 0) is 41.8 Å². The minimum atomic E-state index is -0.120. The normalized spacial score (nSPS) is 15.8. The first-order chi connectivity index (χ1) is 15.5. The van der Waals surface area contributed by atoms with Crippen LogP contribution in [0.4, 0.5) is 0 Å². The highest BCUT2D eigenvalue weighted by Crippen LogP contribution is 2.36. The Morgan fingerprint density at radius 2 is 1.69 bits per heavy atom. The lowest BCUT2D eigenvalue weighted by atomic mass is 10.1. The molecule has 1 atom stereocenters. The summed E-state index contributed by atoms with van der Waals surface area (Å²) in [7, 11) is 1.61. The molecule has 0 bridgehead atoms. The summed E-state index contributed by atoms with van der Waals surface area (Å²) in [6.45, 7) is 2.47. The molecule has 1 saturated heterocycles. The third-order valence-electron chi connectivity index (χ3n) is 5.12. The molecule has 6 heteroatoms. The fourth-order valence-electron chi connectivity index (χ4n) is 3.41. The van der Waals surface area contributed by atoms with Crippen molar-refractivity contribution in [3.63, 3.8) is 0 Å². The van der Waals surface area contributed by atoms with E-state index in [0.29, 0.717) is 27.3 Å². The van der Waals surface area contributed by atoms with E-state index in [1.165, 1.54) is 11.8 Å². The molecule has 0 unspecified atom stereocenters. The van der Waals surface area contributed by atoms with Crippen molar-refractivity contribution < 1.29 is 14.3 Å². The monoisotopic (exact) mass is 461 g/mol. The van der Waals surface area contributed by atoms with E-state index in [9.17, 15) is 4.79 Å². The number of carbonyl (C=O) groups excluding carboxylic acids is 1. The number of benzene rings is 3. The van der Waals surface area contributed by atoms with Gasteiger partial charge < -0.3 is 9.47 Å². The summed E-state index contributed by atoms with van der Waals surface area (Å²) in [5.74, 6) is 1.18. The average molecular weight is 462 g/mol. The predicted octanol–water partition coefficient (Wildman–Crippen LogP) is 6.24. The number of ether oxygens (including phenoxy) is 2. The molecule has 1 amide bonds. The van der Waals surface area contributed by atoms with Crippen LogP contribution in [0.1, 0.15) is 29.7 Å². The highest BCUT2D eigenvalue weighted by molar-refractivity contribution is 8.26. The van der Waals surface area contributed by atoms with Crippen LogP contribution in [0.25, 0.3) is 6.08 Å². The molecule has 0 saturated carbocycles. The summed E-state index contributed by atoms with van der Waals surface area (Å²) in [5.41, 5.74) is 2.98. The lowest BCUT2D eigenvalue weighted by Gasteiger charge is -2.17. The van der Waals surface area contributed by atoms with Gasteiger partial charge in [-0.3, -0.25) is 9.69 Å². The topological polar surface area (TPSA) is 38.8 Å². The molecule has 1 aliphatic heterocycles. The minimum Gasteiger partial charge on any atom is -0.493 e. The summed E-state index contributed by atoms with van der Waals surface area (Å²) < 4.78 is 12.2. The van der Waals surface area contributed by atoms with Crippen molar-refractivity contribution in [3.8, 4) is 11.5 Å².